The molecule has 3 rings (SSSR count). The maximum absolute atomic E-state index is 13.0. The number of hydrogen-bond acceptors (Lipinski definition) is 3. The number of halogens is 1. The van der Waals surface area contributed by atoms with Crippen LogP contribution in [0, 0.1) is 12.7 Å². The van der Waals surface area contributed by atoms with Crippen LogP contribution < -0.4 is 10.6 Å². The molecule has 3 aromatic rings. The van der Waals surface area contributed by atoms with Gasteiger partial charge in [0.15, 0.2) is 0 Å². The van der Waals surface area contributed by atoms with E-state index in [2.05, 4.69) is 10.6 Å². The van der Waals surface area contributed by atoms with Gasteiger partial charge in [-0.2, -0.15) is 0 Å². The van der Waals surface area contributed by atoms with Gasteiger partial charge in [0, 0.05) is 21.8 Å². The molecular weight excluding hydrogens is 387 g/mol. The lowest BCUT2D eigenvalue weighted by atomic mass is 10.2. The van der Waals surface area contributed by atoms with Crippen LogP contribution >= 0.6 is 11.8 Å². The van der Waals surface area contributed by atoms with Crippen LogP contribution in [0.15, 0.2) is 77.7 Å². The second-order valence-corrected chi connectivity index (χ2v) is 8.02. The maximum Gasteiger partial charge on any atom is 0.255 e. The van der Waals surface area contributed by atoms with Gasteiger partial charge in [0.2, 0.25) is 5.91 Å². The quantitative estimate of drug-likeness (QED) is 0.529. The molecule has 0 radical (unpaired) electrons. The van der Waals surface area contributed by atoms with E-state index in [1.54, 1.807) is 6.07 Å². The van der Waals surface area contributed by atoms with E-state index in [0.717, 1.165) is 16.1 Å². The lowest BCUT2D eigenvalue weighted by molar-refractivity contribution is -0.115. The summed E-state index contributed by atoms with van der Waals surface area (Å²) in [5.74, 6) is -0.809. The third-order valence-electron chi connectivity index (χ3n) is 4.17. The van der Waals surface area contributed by atoms with Crippen LogP contribution in [-0.4, -0.2) is 17.1 Å². The number of anilines is 2. The Morgan fingerprint density at radius 3 is 2.24 bits per heavy atom. The number of rotatable bonds is 6. The molecule has 29 heavy (non-hydrogen) atoms. The average Bonchev–Trinajstić information content (AvgIpc) is 2.68. The normalized spacial score (nSPS) is 11.6. The van der Waals surface area contributed by atoms with Crippen LogP contribution in [0.25, 0.3) is 0 Å². The van der Waals surface area contributed by atoms with Crippen molar-refractivity contribution in [2.75, 3.05) is 10.6 Å². The zero-order valence-corrected chi connectivity index (χ0v) is 16.9. The van der Waals surface area contributed by atoms with E-state index >= 15 is 0 Å². The van der Waals surface area contributed by atoms with E-state index in [1.807, 2.05) is 56.3 Å². The topological polar surface area (TPSA) is 58.2 Å². The van der Waals surface area contributed by atoms with Crippen molar-refractivity contribution in [2.45, 2.75) is 24.0 Å². The molecular formula is C23H21FN2O2S. The van der Waals surface area contributed by atoms with Gasteiger partial charge in [-0.3, -0.25) is 9.59 Å². The van der Waals surface area contributed by atoms with E-state index in [0.29, 0.717) is 11.3 Å². The Morgan fingerprint density at radius 1 is 0.897 bits per heavy atom. The first kappa shape index (κ1) is 20.6. The number of hydrogen-bond donors (Lipinski definition) is 2. The third kappa shape index (κ3) is 5.93. The Kier molecular flexibility index (Phi) is 6.67. The van der Waals surface area contributed by atoms with Crippen molar-refractivity contribution in [2.24, 2.45) is 0 Å². The second kappa shape index (κ2) is 9.39. The van der Waals surface area contributed by atoms with Crippen LogP contribution in [0.1, 0.15) is 22.8 Å². The molecule has 0 aliphatic carbocycles. The Morgan fingerprint density at radius 2 is 1.55 bits per heavy atom. The number of nitrogens with one attached hydrogen (secondary N) is 2. The molecule has 6 heteroatoms. The summed E-state index contributed by atoms with van der Waals surface area (Å²) in [6.45, 7) is 3.80. The monoisotopic (exact) mass is 408 g/mol. The number of carbonyl (C=O) groups is 2. The smallest absolute Gasteiger partial charge is 0.255 e. The summed E-state index contributed by atoms with van der Waals surface area (Å²) in [6, 6.07) is 20.3. The fourth-order valence-corrected chi connectivity index (χ4v) is 3.60. The molecule has 2 N–H and O–H groups in total. The Bertz CT molecular complexity index is 1020. The van der Waals surface area contributed by atoms with Crippen LogP contribution in [0.4, 0.5) is 15.8 Å². The lowest BCUT2D eigenvalue weighted by Gasteiger charge is -2.13. The molecule has 0 fully saturated rings. The highest BCUT2D eigenvalue weighted by molar-refractivity contribution is 8.00. The van der Waals surface area contributed by atoms with Gasteiger partial charge in [0.1, 0.15) is 5.82 Å². The highest BCUT2D eigenvalue weighted by atomic mass is 32.2. The van der Waals surface area contributed by atoms with E-state index in [4.69, 9.17) is 0 Å². The zero-order chi connectivity index (χ0) is 20.8. The largest absolute Gasteiger partial charge is 0.325 e. The minimum atomic E-state index is -0.391. The first-order chi connectivity index (χ1) is 13.9. The molecule has 3 aromatic carbocycles. The lowest BCUT2D eigenvalue weighted by Crippen LogP contribution is -2.22. The number of benzene rings is 3. The van der Waals surface area contributed by atoms with Gasteiger partial charge in [-0.15, -0.1) is 11.8 Å². The maximum atomic E-state index is 13.0. The van der Waals surface area contributed by atoms with Gasteiger partial charge in [0.05, 0.1) is 5.25 Å². The van der Waals surface area contributed by atoms with Gasteiger partial charge >= 0.3 is 0 Å². The van der Waals surface area contributed by atoms with Crippen molar-refractivity contribution < 1.29 is 14.0 Å². The molecule has 2 amide bonds. The zero-order valence-electron chi connectivity index (χ0n) is 16.1. The van der Waals surface area contributed by atoms with Gasteiger partial charge in [-0.25, -0.2) is 4.39 Å². The highest BCUT2D eigenvalue weighted by Crippen LogP contribution is 2.27. The molecule has 4 nitrogen and oxygen atoms in total. The second-order valence-electron chi connectivity index (χ2n) is 6.61. The van der Waals surface area contributed by atoms with Crippen molar-refractivity contribution >= 4 is 35.0 Å². The molecule has 0 aliphatic rings. The Labute approximate surface area is 173 Å². The molecule has 1 unspecified atom stereocenters. The SMILES string of the molecule is Cc1cccc(NC(=O)C(C)Sc2cccc(NC(=O)c3ccc(F)cc3)c2)c1. The van der Waals surface area contributed by atoms with Gasteiger partial charge in [-0.1, -0.05) is 18.2 Å². The van der Waals surface area contributed by atoms with E-state index in [-0.39, 0.29) is 17.1 Å². The van der Waals surface area contributed by atoms with Crippen molar-refractivity contribution in [1.82, 2.24) is 0 Å². The summed E-state index contributed by atoms with van der Waals surface area (Å²) in [5.41, 5.74) is 2.82. The molecule has 148 valence electrons. The summed E-state index contributed by atoms with van der Waals surface area (Å²) in [7, 11) is 0. The fourth-order valence-electron chi connectivity index (χ4n) is 2.68. The predicted molar refractivity (Wildman–Crippen MR) is 116 cm³/mol. The minimum Gasteiger partial charge on any atom is -0.325 e. The number of aryl methyl sites for hydroxylation is 1. The molecule has 1 atom stereocenters. The van der Waals surface area contributed by atoms with Crippen LogP contribution in [-0.2, 0) is 4.79 Å². The fraction of sp³-hybridized carbons (Fsp3) is 0.130. The number of thioether (sulfide) groups is 1. The highest BCUT2D eigenvalue weighted by Gasteiger charge is 2.15. The van der Waals surface area contributed by atoms with Crippen molar-refractivity contribution in [1.29, 1.82) is 0 Å². The van der Waals surface area contributed by atoms with E-state index in [9.17, 15) is 14.0 Å². The average molecular weight is 408 g/mol. The first-order valence-electron chi connectivity index (χ1n) is 9.12. The van der Waals surface area contributed by atoms with Gasteiger partial charge < -0.3 is 10.6 Å². The Balaban J connectivity index is 1.62. The van der Waals surface area contributed by atoms with Crippen molar-refractivity contribution in [3.8, 4) is 0 Å². The molecule has 0 bridgehead atoms. The molecule has 0 saturated heterocycles. The van der Waals surface area contributed by atoms with Crippen LogP contribution in [0.5, 0.6) is 0 Å². The summed E-state index contributed by atoms with van der Waals surface area (Å²) >= 11 is 1.40. The molecule has 0 saturated carbocycles. The van der Waals surface area contributed by atoms with E-state index < -0.39 is 5.82 Å². The number of carbonyl (C=O) groups excluding carboxylic acids is 2. The van der Waals surface area contributed by atoms with E-state index in [1.165, 1.54) is 36.0 Å². The Hall–Kier alpha value is -3.12. The first-order valence-corrected chi connectivity index (χ1v) is 10.00. The van der Waals surface area contributed by atoms with Crippen molar-refractivity contribution in [3.05, 3.63) is 89.7 Å². The summed E-state index contributed by atoms with van der Waals surface area (Å²) in [5, 5.41) is 5.39. The summed E-state index contributed by atoms with van der Waals surface area (Å²) < 4.78 is 13.0. The van der Waals surface area contributed by atoms with Crippen molar-refractivity contribution in [3.63, 3.8) is 0 Å². The van der Waals surface area contributed by atoms with Crippen LogP contribution in [0.3, 0.4) is 0 Å². The summed E-state index contributed by atoms with van der Waals surface area (Å²) in [6.07, 6.45) is 0. The molecule has 0 aliphatic heterocycles. The number of amides is 2. The standard InChI is InChI=1S/C23H21FN2O2S/c1-15-5-3-6-19(13-15)25-22(27)16(2)29-21-8-4-7-20(14-21)26-23(28)17-9-11-18(24)12-10-17/h3-14,16H,1-2H3,(H,25,27)(H,26,28). The minimum absolute atomic E-state index is 0.0960. The van der Waals surface area contributed by atoms with Crippen LogP contribution in [0.2, 0.25) is 0 Å². The molecule has 0 heterocycles. The van der Waals surface area contributed by atoms with Gasteiger partial charge in [0.25, 0.3) is 5.91 Å². The third-order valence-corrected chi connectivity index (χ3v) is 5.26. The summed E-state index contributed by atoms with van der Waals surface area (Å²) in [4.78, 5) is 25.6. The van der Waals surface area contributed by atoms with Gasteiger partial charge in [-0.05, 0) is 74.0 Å². The predicted octanol–water partition coefficient (Wildman–Crippen LogP) is 5.51. The molecule has 0 spiro atoms. The molecule has 0 aromatic heterocycles.